The van der Waals surface area contributed by atoms with Crippen LogP contribution < -0.4 is 0 Å². The molecule has 56 heavy (non-hydrogen) atoms. The van der Waals surface area contributed by atoms with Crippen LogP contribution in [0.3, 0.4) is 0 Å². The normalized spacial score (nSPS) is 11.6. The Morgan fingerprint density at radius 2 is 0.911 bits per heavy atom. The van der Waals surface area contributed by atoms with Crippen LogP contribution >= 0.6 is 11.3 Å². The summed E-state index contributed by atoms with van der Waals surface area (Å²) in [6, 6.07) is 65.9. The van der Waals surface area contributed by atoms with E-state index in [1.807, 2.05) is 66.7 Å². The third kappa shape index (κ3) is 5.63. The van der Waals surface area contributed by atoms with Gasteiger partial charge in [-0.2, -0.15) is 0 Å². The molecule has 0 unspecified atom stereocenters. The molecule has 0 saturated heterocycles. The number of thiazole rings is 1. The van der Waals surface area contributed by atoms with E-state index in [0.29, 0.717) is 17.5 Å². The Bertz CT molecular complexity index is 3150. The Morgan fingerprint density at radius 3 is 1.62 bits per heavy atom. The van der Waals surface area contributed by atoms with Crippen molar-refractivity contribution in [1.82, 2.24) is 24.5 Å². The molecule has 11 rings (SSSR count). The highest BCUT2D eigenvalue weighted by molar-refractivity contribution is 7.21. The van der Waals surface area contributed by atoms with Gasteiger partial charge in [0.2, 0.25) is 0 Å². The van der Waals surface area contributed by atoms with E-state index in [1.54, 1.807) is 11.3 Å². The highest BCUT2D eigenvalue weighted by atomic mass is 32.1. The number of para-hydroxylation sites is 2. The summed E-state index contributed by atoms with van der Waals surface area (Å²) in [6.45, 7) is 0. The molecule has 11 aromatic rings. The van der Waals surface area contributed by atoms with Gasteiger partial charge in [0.1, 0.15) is 5.01 Å². The van der Waals surface area contributed by atoms with Crippen molar-refractivity contribution in [2.75, 3.05) is 0 Å². The second-order valence-electron chi connectivity index (χ2n) is 13.9. The Balaban J connectivity index is 0.944. The predicted molar refractivity (Wildman–Crippen MR) is 232 cm³/mol. The van der Waals surface area contributed by atoms with Crippen molar-refractivity contribution in [3.63, 3.8) is 0 Å². The minimum Gasteiger partial charge on any atom is -0.309 e. The van der Waals surface area contributed by atoms with E-state index in [9.17, 15) is 0 Å². The number of aromatic nitrogens is 5. The van der Waals surface area contributed by atoms with Gasteiger partial charge in [-0.05, 0) is 70.4 Å². The van der Waals surface area contributed by atoms with E-state index in [4.69, 9.17) is 19.9 Å². The molecular weight excluding hydrogens is 703 g/mol. The monoisotopic (exact) mass is 733 g/mol. The summed E-state index contributed by atoms with van der Waals surface area (Å²) >= 11 is 1.74. The average Bonchev–Trinajstić information content (AvgIpc) is 3.86. The lowest BCUT2D eigenvalue weighted by molar-refractivity contribution is 1.07. The minimum atomic E-state index is 0.650. The molecule has 0 radical (unpaired) electrons. The molecule has 8 aromatic carbocycles. The number of hydrogen-bond donors (Lipinski definition) is 0. The summed E-state index contributed by atoms with van der Waals surface area (Å²) < 4.78 is 3.58. The first-order valence-corrected chi connectivity index (χ1v) is 19.4. The van der Waals surface area contributed by atoms with E-state index >= 15 is 0 Å². The molecule has 5 nitrogen and oxygen atoms in total. The summed E-state index contributed by atoms with van der Waals surface area (Å²) in [5.41, 5.74) is 10.8. The van der Waals surface area contributed by atoms with Crippen molar-refractivity contribution in [2.24, 2.45) is 0 Å². The molecule has 3 heterocycles. The SMILES string of the molecule is c1ccc(-c2nc(-c3ccccc3)nc(-c3ccc4cc(-c5ccc(-n6c7ccccc7c7ccc(-c8nc9ccccc9s8)cc76)cc5)ccc4c3)n2)cc1. The number of nitrogens with zero attached hydrogens (tertiary/aromatic N) is 5. The van der Waals surface area contributed by atoms with Gasteiger partial charge in [0.15, 0.2) is 17.5 Å². The van der Waals surface area contributed by atoms with Crippen LogP contribution in [0.5, 0.6) is 0 Å². The quantitative estimate of drug-likeness (QED) is 0.171. The predicted octanol–water partition coefficient (Wildman–Crippen LogP) is 13.1. The topological polar surface area (TPSA) is 56.5 Å². The standard InChI is InChI=1S/C50H31N5S/c1-3-11-33(12-4-1)47-52-48(34-13-5-2-6-14-34)54-49(53-47)38-22-21-36-29-35(19-20-37(36)30-38)32-23-26-40(27-24-32)55-44-17-9-7-15-41(44)42-28-25-39(31-45(42)55)50-51-43-16-8-10-18-46(43)56-50/h1-31H. The van der Waals surface area contributed by atoms with Gasteiger partial charge < -0.3 is 4.57 Å². The first kappa shape index (κ1) is 32.2. The van der Waals surface area contributed by atoms with E-state index in [0.717, 1.165) is 60.4 Å². The first-order valence-electron chi connectivity index (χ1n) is 18.6. The number of rotatable bonds is 6. The molecular formula is C50H31N5S. The maximum Gasteiger partial charge on any atom is 0.164 e. The number of fused-ring (bicyclic) bond motifs is 5. The summed E-state index contributed by atoms with van der Waals surface area (Å²) in [7, 11) is 0. The van der Waals surface area contributed by atoms with Crippen LogP contribution in [0.25, 0.3) is 104 Å². The molecule has 0 aliphatic heterocycles. The Kier molecular flexibility index (Phi) is 7.60. The van der Waals surface area contributed by atoms with Crippen molar-refractivity contribution in [1.29, 1.82) is 0 Å². The lowest BCUT2D eigenvalue weighted by Gasteiger charge is -2.11. The van der Waals surface area contributed by atoms with Gasteiger partial charge in [0.05, 0.1) is 21.3 Å². The third-order valence-electron chi connectivity index (χ3n) is 10.5. The zero-order chi connectivity index (χ0) is 37.0. The maximum absolute atomic E-state index is 4.96. The van der Waals surface area contributed by atoms with Crippen LogP contribution in [-0.2, 0) is 0 Å². The second kappa shape index (κ2) is 13.2. The van der Waals surface area contributed by atoms with Gasteiger partial charge in [-0.3, -0.25) is 0 Å². The van der Waals surface area contributed by atoms with E-state index in [2.05, 4.69) is 126 Å². The molecule has 0 saturated carbocycles. The van der Waals surface area contributed by atoms with Crippen LogP contribution in [-0.4, -0.2) is 24.5 Å². The van der Waals surface area contributed by atoms with E-state index in [1.165, 1.54) is 26.5 Å². The lowest BCUT2D eigenvalue weighted by atomic mass is 9.99. The molecule has 0 amide bonds. The molecule has 6 heteroatoms. The van der Waals surface area contributed by atoms with Crippen LogP contribution in [0, 0.1) is 0 Å². The van der Waals surface area contributed by atoms with Crippen LogP contribution in [0.2, 0.25) is 0 Å². The minimum absolute atomic E-state index is 0.650. The Morgan fingerprint density at radius 1 is 0.357 bits per heavy atom. The number of benzene rings is 8. The van der Waals surface area contributed by atoms with Gasteiger partial charge in [0.25, 0.3) is 0 Å². The van der Waals surface area contributed by atoms with Crippen molar-refractivity contribution < 1.29 is 0 Å². The van der Waals surface area contributed by atoms with Crippen molar-refractivity contribution in [3.05, 3.63) is 188 Å². The fraction of sp³-hybridized carbons (Fsp3) is 0. The lowest BCUT2D eigenvalue weighted by Crippen LogP contribution is -2.00. The molecule has 3 aromatic heterocycles. The van der Waals surface area contributed by atoms with Crippen molar-refractivity contribution >= 4 is 54.1 Å². The molecule has 0 aliphatic rings. The first-order chi connectivity index (χ1) is 27.7. The number of hydrogen-bond acceptors (Lipinski definition) is 5. The molecule has 0 atom stereocenters. The molecule has 0 bridgehead atoms. The largest absolute Gasteiger partial charge is 0.309 e. The third-order valence-corrected chi connectivity index (χ3v) is 11.6. The highest BCUT2D eigenvalue weighted by Gasteiger charge is 2.16. The molecule has 0 aliphatic carbocycles. The maximum atomic E-state index is 4.96. The van der Waals surface area contributed by atoms with Gasteiger partial charge in [-0.15, -0.1) is 11.3 Å². The molecule has 0 fully saturated rings. The summed E-state index contributed by atoms with van der Waals surface area (Å²) in [5, 5.41) is 5.78. The van der Waals surface area contributed by atoms with Crippen molar-refractivity contribution in [2.45, 2.75) is 0 Å². The fourth-order valence-electron chi connectivity index (χ4n) is 7.68. The molecule has 0 spiro atoms. The van der Waals surface area contributed by atoms with Gasteiger partial charge >= 0.3 is 0 Å². The Labute approximate surface area is 326 Å². The average molecular weight is 734 g/mol. The molecule has 0 N–H and O–H groups in total. The summed E-state index contributed by atoms with van der Waals surface area (Å²) in [5.74, 6) is 1.96. The zero-order valence-corrected chi connectivity index (χ0v) is 30.9. The second-order valence-corrected chi connectivity index (χ2v) is 15.0. The van der Waals surface area contributed by atoms with Crippen LogP contribution in [0.15, 0.2) is 188 Å². The smallest absolute Gasteiger partial charge is 0.164 e. The zero-order valence-electron chi connectivity index (χ0n) is 30.0. The van der Waals surface area contributed by atoms with E-state index < -0.39 is 0 Å². The Hall–Kier alpha value is -7.28. The van der Waals surface area contributed by atoms with Gasteiger partial charge in [-0.1, -0.05) is 140 Å². The molecule has 262 valence electrons. The highest BCUT2D eigenvalue weighted by Crippen LogP contribution is 2.38. The summed E-state index contributed by atoms with van der Waals surface area (Å²) in [6.07, 6.45) is 0. The fourth-order valence-corrected chi connectivity index (χ4v) is 8.64. The van der Waals surface area contributed by atoms with Crippen LogP contribution in [0.1, 0.15) is 0 Å². The van der Waals surface area contributed by atoms with Crippen molar-refractivity contribution in [3.8, 4) is 61.5 Å². The van der Waals surface area contributed by atoms with Gasteiger partial charge in [-0.25, -0.2) is 19.9 Å². The van der Waals surface area contributed by atoms with Gasteiger partial charge in [0, 0.05) is 38.7 Å². The van der Waals surface area contributed by atoms with Crippen LogP contribution in [0.4, 0.5) is 0 Å². The van der Waals surface area contributed by atoms with E-state index in [-0.39, 0.29) is 0 Å². The summed E-state index contributed by atoms with van der Waals surface area (Å²) in [4.78, 5) is 19.7.